The van der Waals surface area contributed by atoms with E-state index in [9.17, 15) is 0 Å². The molecule has 1 heterocycles. The Labute approximate surface area is 53.4 Å². The molecule has 1 radical (unpaired) electrons. The molecule has 0 spiro atoms. The quantitative estimate of drug-likeness (QED) is 0.551. The highest BCUT2D eigenvalue weighted by Crippen LogP contribution is 2.00. The second kappa shape index (κ2) is 2.83. The van der Waals surface area contributed by atoms with Crippen molar-refractivity contribution in [2.75, 3.05) is 0 Å². The van der Waals surface area contributed by atoms with E-state index in [4.69, 9.17) is 10.8 Å². The maximum Gasteiger partial charge on any atom is 0.128 e. The van der Waals surface area contributed by atoms with Gasteiger partial charge in [0.05, 0.1) is 12.5 Å². The van der Waals surface area contributed by atoms with E-state index in [2.05, 4.69) is 4.74 Å². The summed E-state index contributed by atoms with van der Waals surface area (Å²) in [4.78, 5) is 0. The summed E-state index contributed by atoms with van der Waals surface area (Å²) in [5.41, 5.74) is 0.912. The Hall–Kier alpha value is -1.36. The molecule has 2 heteroatoms. The Balaban J connectivity index is 2.41. The lowest BCUT2D eigenvalue weighted by Crippen LogP contribution is -1.80. The van der Waals surface area contributed by atoms with E-state index in [-0.39, 0.29) is 0 Å². The van der Waals surface area contributed by atoms with E-state index in [1.165, 1.54) is 0 Å². The fraction of sp³-hybridized carbons (Fsp3) is 0.143. The van der Waals surface area contributed by atoms with Crippen molar-refractivity contribution in [2.45, 2.75) is 6.61 Å². The Kier molecular flexibility index (Phi) is 1.81. The highest BCUT2D eigenvalue weighted by atomic mass is 16.5. The van der Waals surface area contributed by atoms with Crippen LogP contribution in [-0.4, -0.2) is 0 Å². The van der Waals surface area contributed by atoms with Crippen LogP contribution in [0.1, 0.15) is 5.56 Å². The number of hydrogen-bond donors (Lipinski definition) is 0. The molecular formula is C7H5O2. The molecule has 9 heavy (non-hydrogen) atoms. The van der Waals surface area contributed by atoms with Crippen molar-refractivity contribution in [3.05, 3.63) is 30.6 Å². The van der Waals surface area contributed by atoms with Crippen LogP contribution in [0.4, 0.5) is 0 Å². The minimum Gasteiger partial charge on any atom is -0.472 e. The van der Waals surface area contributed by atoms with Crippen LogP contribution in [0.15, 0.2) is 23.0 Å². The highest BCUT2D eigenvalue weighted by molar-refractivity contribution is 5.03. The van der Waals surface area contributed by atoms with Crippen LogP contribution >= 0.6 is 0 Å². The lowest BCUT2D eigenvalue weighted by atomic mass is 10.4. The van der Waals surface area contributed by atoms with Gasteiger partial charge in [-0.3, -0.25) is 0 Å². The van der Waals surface area contributed by atoms with Gasteiger partial charge in [-0.05, 0) is 6.07 Å². The van der Waals surface area contributed by atoms with E-state index in [0.29, 0.717) is 6.61 Å². The molecule has 0 fully saturated rings. The third kappa shape index (κ3) is 1.54. The van der Waals surface area contributed by atoms with Crippen LogP contribution in [0.5, 0.6) is 0 Å². The van der Waals surface area contributed by atoms with Gasteiger partial charge < -0.3 is 9.15 Å². The first kappa shape index (κ1) is 5.77. The Morgan fingerprint density at radius 2 is 2.67 bits per heavy atom. The predicted molar refractivity (Wildman–Crippen MR) is 30.6 cm³/mol. The molecule has 0 saturated carbocycles. The topological polar surface area (TPSA) is 22.4 Å². The Bertz CT molecular complexity index is 193. The van der Waals surface area contributed by atoms with Crippen LogP contribution in [0.3, 0.4) is 0 Å². The summed E-state index contributed by atoms with van der Waals surface area (Å²) in [6.07, 6.45) is 11.3. The summed E-state index contributed by atoms with van der Waals surface area (Å²) >= 11 is 0. The molecule has 0 saturated heterocycles. The monoisotopic (exact) mass is 121 g/mol. The van der Waals surface area contributed by atoms with Gasteiger partial charge in [-0.25, -0.2) is 0 Å². The second-order valence-electron chi connectivity index (χ2n) is 1.52. The Morgan fingerprint density at radius 3 is 3.22 bits per heavy atom. The van der Waals surface area contributed by atoms with Crippen molar-refractivity contribution in [3.8, 4) is 6.11 Å². The minimum absolute atomic E-state index is 0.361. The molecule has 2 nitrogen and oxygen atoms in total. The van der Waals surface area contributed by atoms with Crippen LogP contribution in [-0.2, 0) is 11.3 Å². The SMILES string of the molecule is [C]#COCc1ccoc1. The molecule has 0 aliphatic rings. The zero-order valence-electron chi connectivity index (χ0n) is 4.76. The average Bonchev–Trinajstić information content (AvgIpc) is 2.34. The Morgan fingerprint density at radius 1 is 1.78 bits per heavy atom. The maximum absolute atomic E-state index is 6.40. The molecule has 0 unspecified atom stereocenters. The molecule has 0 amide bonds. The van der Waals surface area contributed by atoms with Crippen molar-refractivity contribution < 1.29 is 9.15 Å². The minimum atomic E-state index is 0.361. The smallest absolute Gasteiger partial charge is 0.128 e. The van der Waals surface area contributed by atoms with Gasteiger partial charge in [0.15, 0.2) is 0 Å². The first-order chi connectivity index (χ1) is 4.43. The summed E-state index contributed by atoms with van der Waals surface area (Å²) in [5, 5.41) is 0. The van der Waals surface area contributed by atoms with E-state index in [1.54, 1.807) is 18.6 Å². The molecule has 1 aromatic rings. The number of furan rings is 1. The van der Waals surface area contributed by atoms with Gasteiger partial charge in [0.25, 0.3) is 0 Å². The lowest BCUT2D eigenvalue weighted by Gasteiger charge is -1.89. The van der Waals surface area contributed by atoms with Crippen LogP contribution in [0.25, 0.3) is 0 Å². The zero-order chi connectivity index (χ0) is 6.53. The molecule has 0 bridgehead atoms. The molecule has 45 valence electrons. The standard InChI is InChI=1S/C7H5O2/c1-2-8-5-7-3-4-9-6-7/h3-4,6H,5H2. The van der Waals surface area contributed by atoms with Crippen molar-refractivity contribution in [3.63, 3.8) is 0 Å². The van der Waals surface area contributed by atoms with E-state index >= 15 is 0 Å². The lowest BCUT2D eigenvalue weighted by molar-refractivity contribution is 0.263. The zero-order valence-corrected chi connectivity index (χ0v) is 4.76. The van der Waals surface area contributed by atoms with Gasteiger partial charge >= 0.3 is 0 Å². The fourth-order valence-electron chi connectivity index (χ4n) is 0.494. The fourth-order valence-corrected chi connectivity index (χ4v) is 0.494. The van der Waals surface area contributed by atoms with Gasteiger partial charge in [0, 0.05) is 12.0 Å². The third-order valence-corrected chi connectivity index (χ3v) is 0.891. The molecule has 1 rings (SSSR count). The molecule has 0 aliphatic heterocycles. The molecule has 0 aromatic carbocycles. The summed E-state index contributed by atoms with van der Waals surface area (Å²) in [7, 11) is 0. The summed E-state index contributed by atoms with van der Waals surface area (Å²) in [5.74, 6) is 0. The average molecular weight is 121 g/mol. The molecule has 0 atom stereocenters. The van der Waals surface area contributed by atoms with Gasteiger partial charge in [-0.2, -0.15) is 0 Å². The molecular weight excluding hydrogens is 116 g/mol. The van der Waals surface area contributed by atoms with Crippen molar-refractivity contribution in [1.29, 1.82) is 0 Å². The molecule has 0 aliphatic carbocycles. The van der Waals surface area contributed by atoms with E-state index in [1.807, 2.05) is 6.11 Å². The van der Waals surface area contributed by atoms with Crippen molar-refractivity contribution >= 4 is 0 Å². The maximum atomic E-state index is 6.40. The predicted octanol–water partition coefficient (Wildman–Crippen LogP) is 1.34. The van der Waals surface area contributed by atoms with Gasteiger partial charge in [-0.1, -0.05) is 0 Å². The number of hydrogen-bond acceptors (Lipinski definition) is 2. The van der Waals surface area contributed by atoms with Gasteiger partial charge in [-0.15, -0.1) is 0 Å². The molecule has 1 aromatic heterocycles. The summed E-state index contributed by atoms with van der Waals surface area (Å²) in [6.45, 7) is 0.361. The van der Waals surface area contributed by atoms with Crippen LogP contribution in [0, 0.1) is 12.5 Å². The number of ether oxygens (including phenoxy) is 1. The normalized spacial score (nSPS) is 8.33. The number of rotatable bonds is 2. The van der Waals surface area contributed by atoms with Crippen LogP contribution < -0.4 is 0 Å². The highest BCUT2D eigenvalue weighted by Gasteiger charge is 1.90. The van der Waals surface area contributed by atoms with Crippen LogP contribution in [0.2, 0.25) is 0 Å². The van der Waals surface area contributed by atoms with Gasteiger partial charge in [0.1, 0.15) is 12.7 Å². The van der Waals surface area contributed by atoms with E-state index < -0.39 is 0 Å². The van der Waals surface area contributed by atoms with Crippen molar-refractivity contribution in [2.24, 2.45) is 0 Å². The third-order valence-electron chi connectivity index (χ3n) is 0.891. The molecule has 0 N–H and O–H groups in total. The second-order valence-corrected chi connectivity index (χ2v) is 1.52. The largest absolute Gasteiger partial charge is 0.472 e. The van der Waals surface area contributed by atoms with Gasteiger partial charge in [0.2, 0.25) is 0 Å². The van der Waals surface area contributed by atoms with Crippen molar-refractivity contribution in [1.82, 2.24) is 0 Å². The van der Waals surface area contributed by atoms with E-state index in [0.717, 1.165) is 5.56 Å². The summed E-state index contributed by atoms with van der Waals surface area (Å²) in [6, 6.07) is 1.78. The first-order valence-electron chi connectivity index (χ1n) is 2.48. The summed E-state index contributed by atoms with van der Waals surface area (Å²) < 4.78 is 9.28. The first-order valence-corrected chi connectivity index (χ1v) is 2.48.